The van der Waals surface area contributed by atoms with E-state index < -0.39 is 0 Å². The highest BCUT2D eigenvalue weighted by atomic mass is 16.5. The monoisotopic (exact) mass is 394 g/mol. The van der Waals surface area contributed by atoms with Crippen LogP contribution in [0, 0.1) is 6.92 Å². The van der Waals surface area contributed by atoms with Crippen molar-refractivity contribution >= 4 is 11.6 Å². The minimum absolute atomic E-state index is 0.237. The highest BCUT2D eigenvalue weighted by Gasteiger charge is 2.41. The summed E-state index contributed by atoms with van der Waals surface area (Å²) in [6.07, 6.45) is 3.34. The van der Waals surface area contributed by atoms with Gasteiger partial charge >= 0.3 is 0 Å². The molecule has 30 heavy (non-hydrogen) atoms. The zero-order valence-electron chi connectivity index (χ0n) is 16.2. The molecule has 0 bridgehead atoms. The van der Waals surface area contributed by atoms with Gasteiger partial charge in [-0.3, -0.25) is 4.98 Å². The number of ether oxygens (including phenoxy) is 1. The number of aryl methyl sites for hydroxylation is 1. The van der Waals surface area contributed by atoms with E-state index in [0.29, 0.717) is 5.95 Å². The molecule has 6 rings (SSSR count). The van der Waals surface area contributed by atoms with Gasteiger partial charge in [0.05, 0.1) is 5.70 Å². The number of hydrogen-bond acceptors (Lipinski definition) is 6. The number of nitrogens with zero attached hydrogens (tertiary/aromatic N) is 5. The highest BCUT2D eigenvalue weighted by molar-refractivity contribution is 5.85. The molecule has 7 heteroatoms. The van der Waals surface area contributed by atoms with Crippen LogP contribution in [-0.2, 0) is 0 Å². The quantitative estimate of drug-likeness (QED) is 0.555. The van der Waals surface area contributed by atoms with Crippen molar-refractivity contribution in [3.05, 3.63) is 101 Å². The first-order valence-electron chi connectivity index (χ1n) is 9.81. The zero-order chi connectivity index (χ0) is 20.1. The van der Waals surface area contributed by atoms with E-state index in [1.807, 2.05) is 36.5 Å². The molecule has 0 unspecified atom stereocenters. The van der Waals surface area contributed by atoms with Crippen molar-refractivity contribution < 1.29 is 4.74 Å². The van der Waals surface area contributed by atoms with Gasteiger partial charge in [0.2, 0.25) is 5.95 Å². The van der Waals surface area contributed by atoms with E-state index in [9.17, 15) is 0 Å². The van der Waals surface area contributed by atoms with E-state index in [4.69, 9.17) is 4.74 Å². The van der Waals surface area contributed by atoms with Gasteiger partial charge in [-0.25, -0.2) is 0 Å². The summed E-state index contributed by atoms with van der Waals surface area (Å²) in [5.41, 5.74) is 6.32. The fourth-order valence-corrected chi connectivity index (χ4v) is 4.31. The summed E-state index contributed by atoms with van der Waals surface area (Å²) in [4.78, 5) is 4.35. The van der Waals surface area contributed by atoms with Crippen LogP contribution in [-0.4, -0.2) is 25.2 Å². The molecule has 0 saturated heterocycles. The molecule has 0 saturated carbocycles. The van der Waals surface area contributed by atoms with Gasteiger partial charge in [-0.05, 0) is 46.7 Å². The Kier molecular flexibility index (Phi) is 3.67. The van der Waals surface area contributed by atoms with Crippen molar-refractivity contribution in [1.82, 2.24) is 25.2 Å². The largest absolute Gasteiger partial charge is 0.480 e. The first-order valence-corrected chi connectivity index (χ1v) is 9.81. The summed E-state index contributed by atoms with van der Waals surface area (Å²) in [6.45, 7) is 2.09. The summed E-state index contributed by atoms with van der Waals surface area (Å²) in [5.74, 6) is 1.43. The summed E-state index contributed by atoms with van der Waals surface area (Å²) >= 11 is 0. The van der Waals surface area contributed by atoms with Crippen LogP contribution >= 0.6 is 0 Å². The maximum atomic E-state index is 6.59. The molecule has 4 heterocycles. The molecular formula is C23H18N6O. The third-order valence-electron chi connectivity index (χ3n) is 5.59. The number of aromatic nitrogens is 5. The Morgan fingerprint density at radius 3 is 2.77 bits per heavy atom. The zero-order valence-corrected chi connectivity index (χ0v) is 16.2. The Bertz CT molecular complexity index is 1280. The Balaban J connectivity index is 1.64. The van der Waals surface area contributed by atoms with Gasteiger partial charge in [0, 0.05) is 23.5 Å². The average Bonchev–Trinajstić information content (AvgIpc) is 3.26. The van der Waals surface area contributed by atoms with Crippen LogP contribution in [0.3, 0.4) is 0 Å². The Morgan fingerprint density at radius 1 is 1.00 bits per heavy atom. The Labute approximate surface area is 173 Å². The lowest BCUT2D eigenvalue weighted by atomic mass is 9.85. The SMILES string of the molecule is Cc1cccc([C@@H]2Oc3ccccc3C3=C2[C@@H](c2cccnc2)n2nnnc2N3)c1. The summed E-state index contributed by atoms with van der Waals surface area (Å²) in [7, 11) is 0. The average molecular weight is 394 g/mol. The molecular weight excluding hydrogens is 376 g/mol. The van der Waals surface area contributed by atoms with E-state index in [1.165, 1.54) is 5.56 Å². The predicted molar refractivity (Wildman–Crippen MR) is 112 cm³/mol. The summed E-state index contributed by atoms with van der Waals surface area (Å²) in [6, 6.07) is 20.2. The molecule has 0 spiro atoms. The molecule has 2 aromatic heterocycles. The second kappa shape index (κ2) is 6.52. The van der Waals surface area contributed by atoms with Gasteiger partial charge in [0.15, 0.2) is 0 Å². The normalized spacial score (nSPS) is 19.2. The number of fused-ring (bicyclic) bond motifs is 3. The van der Waals surface area contributed by atoms with Crippen LogP contribution in [0.1, 0.15) is 34.4 Å². The van der Waals surface area contributed by atoms with Crippen LogP contribution < -0.4 is 10.1 Å². The second-order valence-electron chi connectivity index (χ2n) is 7.50. The van der Waals surface area contributed by atoms with Crippen LogP contribution in [0.15, 0.2) is 78.6 Å². The lowest BCUT2D eigenvalue weighted by Gasteiger charge is -2.38. The van der Waals surface area contributed by atoms with E-state index in [2.05, 4.69) is 63.1 Å². The lowest BCUT2D eigenvalue weighted by molar-refractivity contribution is 0.222. The fraction of sp³-hybridized carbons (Fsp3) is 0.130. The van der Waals surface area contributed by atoms with Gasteiger partial charge < -0.3 is 10.1 Å². The summed E-state index contributed by atoms with van der Waals surface area (Å²) < 4.78 is 8.39. The van der Waals surface area contributed by atoms with Crippen LogP contribution in [0.5, 0.6) is 5.75 Å². The second-order valence-corrected chi connectivity index (χ2v) is 7.50. The van der Waals surface area contributed by atoms with E-state index in [1.54, 1.807) is 10.9 Å². The van der Waals surface area contributed by atoms with Crippen molar-refractivity contribution in [2.45, 2.75) is 19.1 Å². The third-order valence-corrected chi connectivity index (χ3v) is 5.59. The van der Waals surface area contributed by atoms with Crippen LogP contribution in [0.25, 0.3) is 5.70 Å². The number of nitrogens with one attached hydrogen (secondary N) is 1. The minimum atomic E-state index is -0.287. The molecule has 7 nitrogen and oxygen atoms in total. The molecule has 4 aromatic rings. The highest BCUT2D eigenvalue weighted by Crippen LogP contribution is 2.50. The van der Waals surface area contributed by atoms with Crippen molar-refractivity contribution in [1.29, 1.82) is 0 Å². The number of rotatable bonds is 2. The maximum Gasteiger partial charge on any atom is 0.248 e. The Hall–Kier alpha value is -4.00. The molecule has 2 atom stereocenters. The molecule has 2 aromatic carbocycles. The van der Waals surface area contributed by atoms with Gasteiger partial charge in [0.25, 0.3) is 0 Å². The van der Waals surface area contributed by atoms with Crippen LogP contribution in [0.2, 0.25) is 0 Å². The molecule has 0 aliphatic carbocycles. The Morgan fingerprint density at radius 2 is 1.90 bits per heavy atom. The van der Waals surface area contributed by atoms with Gasteiger partial charge in [-0.1, -0.05) is 53.1 Å². The van der Waals surface area contributed by atoms with Crippen LogP contribution in [0.4, 0.5) is 5.95 Å². The number of hydrogen-bond donors (Lipinski definition) is 1. The van der Waals surface area contributed by atoms with Gasteiger partial charge in [-0.15, -0.1) is 0 Å². The third kappa shape index (κ3) is 2.52. The standard InChI is InChI=1S/C23H18N6O/c1-14-6-4-7-15(12-14)22-19-20(17-9-2-3-10-18(17)30-22)25-23-26-27-28-29(23)21(19)16-8-5-11-24-13-16/h2-13,21-22H,1H3,(H,25,26,28)/t21-,22+/m1/s1. The minimum Gasteiger partial charge on any atom is -0.480 e. The maximum absolute atomic E-state index is 6.59. The number of pyridine rings is 1. The molecule has 0 radical (unpaired) electrons. The predicted octanol–water partition coefficient (Wildman–Crippen LogP) is 3.94. The van der Waals surface area contributed by atoms with E-state index >= 15 is 0 Å². The topological polar surface area (TPSA) is 77.8 Å². The smallest absolute Gasteiger partial charge is 0.248 e. The number of tetrazole rings is 1. The van der Waals surface area contributed by atoms with Crippen molar-refractivity contribution in [2.75, 3.05) is 5.32 Å². The first kappa shape index (κ1) is 16.9. The van der Waals surface area contributed by atoms with Gasteiger partial charge in [0.1, 0.15) is 17.9 Å². The van der Waals surface area contributed by atoms with Gasteiger partial charge in [-0.2, -0.15) is 4.68 Å². The number of benzene rings is 2. The lowest BCUT2D eigenvalue weighted by Crippen LogP contribution is -2.32. The number of para-hydroxylation sites is 1. The molecule has 1 N–H and O–H groups in total. The molecule has 0 amide bonds. The van der Waals surface area contributed by atoms with Crippen molar-refractivity contribution in [3.8, 4) is 5.75 Å². The molecule has 2 aliphatic rings. The van der Waals surface area contributed by atoms with E-state index in [-0.39, 0.29) is 12.1 Å². The first-order chi connectivity index (χ1) is 14.8. The van der Waals surface area contributed by atoms with Crippen molar-refractivity contribution in [2.24, 2.45) is 0 Å². The van der Waals surface area contributed by atoms with Crippen molar-refractivity contribution in [3.63, 3.8) is 0 Å². The van der Waals surface area contributed by atoms with E-state index in [0.717, 1.165) is 33.7 Å². The summed E-state index contributed by atoms with van der Waals surface area (Å²) in [5, 5.41) is 15.9. The molecule has 0 fully saturated rings. The fourth-order valence-electron chi connectivity index (χ4n) is 4.31. The molecule has 2 aliphatic heterocycles. The molecule has 146 valence electrons. The number of anilines is 1.